The number of benzene rings is 8. The third-order valence-corrected chi connectivity index (χ3v) is 9.73. The number of nitrogens with zero attached hydrogens (tertiary/aromatic N) is 3. The molecule has 4 heteroatoms. The van der Waals surface area contributed by atoms with E-state index in [1.807, 2.05) is 36.4 Å². The van der Waals surface area contributed by atoms with Gasteiger partial charge in [-0.2, -0.15) is 0 Å². The second kappa shape index (κ2) is 11.9. The molecule has 0 fully saturated rings. The van der Waals surface area contributed by atoms with Crippen LogP contribution in [0.2, 0.25) is 0 Å². The number of hydrogen-bond acceptors (Lipinski definition) is 4. The first-order valence-electron chi connectivity index (χ1n) is 17.1. The molecular weight excluding hydrogens is 623 g/mol. The van der Waals surface area contributed by atoms with E-state index in [9.17, 15) is 0 Å². The summed E-state index contributed by atoms with van der Waals surface area (Å²) in [5.74, 6) is 1.84. The monoisotopic (exact) mass is 651 g/mol. The summed E-state index contributed by atoms with van der Waals surface area (Å²) in [5.41, 5.74) is 9.02. The molecule has 2 heterocycles. The van der Waals surface area contributed by atoms with Crippen LogP contribution in [0, 0.1) is 0 Å². The molecule has 2 aromatic heterocycles. The van der Waals surface area contributed by atoms with E-state index in [1.165, 1.54) is 32.8 Å². The van der Waals surface area contributed by atoms with Crippen molar-refractivity contribution >= 4 is 43.5 Å². The molecule has 0 bridgehead atoms. The normalized spacial score (nSPS) is 11.5. The van der Waals surface area contributed by atoms with Crippen LogP contribution in [0.5, 0.6) is 0 Å². The highest BCUT2D eigenvalue weighted by atomic mass is 16.3. The van der Waals surface area contributed by atoms with Gasteiger partial charge >= 0.3 is 0 Å². The Kier molecular flexibility index (Phi) is 6.78. The summed E-state index contributed by atoms with van der Waals surface area (Å²) in [7, 11) is 0. The van der Waals surface area contributed by atoms with Crippen LogP contribution in [0.15, 0.2) is 180 Å². The maximum atomic E-state index is 6.56. The van der Waals surface area contributed by atoms with Gasteiger partial charge in [-0.25, -0.2) is 15.0 Å². The van der Waals surface area contributed by atoms with Gasteiger partial charge in [0.1, 0.15) is 11.2 Å². The fourth-order valence-corrected chi connectivity index (χ4v) is 7.28. The molecule has 0 atom stereocenters. The van der Waals surface area contributed by atoms with Crippen LogP contribution >= 0.6 is 0 Å². The van der Waals surface area contributed by atoms with Crippen molar-refractivity contribution in [1.82, 2.24) is 15.0 Å². The van der Waals surface area contributed by atoms with E-state index >= 15 is 0 Å². The largest absolute Gasteiger partial charge is 0.456 e. The van der Waals surface area contributed by atoms with Crippen molar-refractivity contribution in [2.24, 2.45) is 0 Å². The van der Waals surface area contributed by atoms with E-state index in [0.29, 0.717) is 17.5 Å². The Morgan fingerprint density at radius 2 is 0.882 bits per heavy atom. The highest BCUT2D eigenvalue weighted by Crippen LogP contribution is 2.41. The minimum atomic E-state index is 0.592. The van der Waals surface area contributed by atoms with Gasteiger partial charge in [-0.15, -0.1) is 0 Å². The van der Waals surface area contributed by atoms with Gasteiger partial charge in [0, 0.05) is 27.5 Å². The lowest BCUT2D eigenvalue weighted by molar-refractivity contribution is 0.669. The van der Waals surface area contributed by atoms with Crippen LogP contribution < -0.4 is 0 Å². The predicted octanol–water partition coefficient (Wildman–Crippen LogP) is 12.4. The molecule has 0 aliphatic heterocycles. The van der Waals surface area contributed by atoms with Crippen LogP contribution in [0.4, 0.5) is 0 Å². The van der Waals surface area contributed by atoms with Crippen molar-refractivity contribution in [3.63, 3.8) is 0 Å². The van der Waals surface area contributed by atoms with E-state index in [-0.39, 0.29) is 0 Å². The molecule has 0 amide bonds. The molecule has 51 heavy (non-hydrogen) atoms. The lowest BCUT2D eigenvalue weighted by Crippen LogP contribution is -2.00. The molecule has 0 aliphatic carbocycles. The maximum Gasteiger partial charge on any atom is 0.164 e. The molecular formula is C47H29N3O. The van der Waals surface area contributed by atoms with E-state index in [2.05, 4.69) is 140 Å². The van der Waals surface area contributed by atoms with Gasteiger partial charge in [0.2, 0.25) is 0 Å². The molecule has 4 nitrogen and oxygen atoms in total. The number of hydrogen-bond donors (Lipinski definition) is 0. The Balaban J connectivity index is 1.13. The van der Waals surface area contributed by atoms with E-state index in [0.717, 1.165) is 49.6 Å². The predicted molar refractivity (Wildman–Crippen MR) is 209 cm³/mol. The smallest absolute Gasteiger partial charge is 0.164 e. The first kappa shape index (κ1) is 29.0. The second-order valence-corrected chi connectivity index (χ2v) is 12.8. The van der Waals surface area contributed by atoms with Gasteiger partial charge < -0.3 is 4.42 Å². The zero-order valence-corrected chi connectivity index (χ0v) is 27.5. The molecule has 0 saturated carbocycles. The number of aromatic nitrogens is 3. The van der Waals surface area contributed by atoms with Crippen LogP contribution in [0.25, 0.3) is 99.9 Å². The topological polar surface area (TPSA) is 51.8 Å². The van der Waals surface area contributed by atoms with Crippen molar-refractivity contribution in [1.29, 1.82) is 0 Å². The summed E-state index contributed by atoms with van der Waals surface area (Å²) in [4.78, 5) is 15.1. The van der Waals surface area contributed by atoms with Crippen molar-refractivity contribution in [2.75, 3.05) is 0 Å². The molecule has 0 unspecified atom stereocenters. The third kappa shape index (κ3) is 5.04. The van der Waals surface area contributed by atoms with E-state index in [1.54, 1.807) is 0 Å². The third-order valence-electron chi connectivity index (χ3n) is 9.73. The Bertz CT molecular complexity index is 2910. The Morgan fingerprint density at radius 3 is 1.67 bits per heavy atom. The van der Waals surface area contributed by atoms with Crippen LogP contribution in [-0.4, -0.2) is 15.0 Å². The molecule has 8 aromatic carbocycles. The minimum absolute atomic E-state index is 0.592. The van der Waals surface area contributed by atoms with Crippen molar-refractivity contribution in [3.8, 4) is 56.4 Å². The fourth-order valence-electron chi connectivity index (χ4n) is 7.28. The van der Waals surface area contributed by atoms with Gasteiger partial charge in [0.15, 0.2) is 17.5 Å². The zero-order chi connectivity index (χ0) is 33.7. The van der Waals surface area contributed by atoms with E-state index < -0.39 is 0 Å². The lowest BCUT2D eigenvalue weighted by Gasteiger charge is -2.11. The summed E-state index contributed by atoms with van der Waals surface area (Å²) in [6.07, 6.45) is 0. The quantitative estimate of drug-likeness (QED) is 0.174. The molecule has 0 saturated heterocycles. The summed E-state index contributed by atoms with van der Waals surface area (Å²) in [6.45, 7) is 0. The first-order chi connectivity index (χ1) is 25.3. The van der Waals surface area contributed by atoms with Crippen LogP contribution in [0.3, 0.4) is 0 Å². The summed E-state index contributed by atoms with van der Waals surface area (Å²) >= 11 is 0. The standard InChI is InChI=1S/C47H29N3O/c1-3-12-30(13-4-1)37-18-9-10-19-39(37)40-20-11-21-42-44(40)41-27-25-35(29-43(41)51-42)47-49-45(32-15-5-2-6-16-32)48-46(50-47)34-24-26-38-33(28-34)23-22-31-14-7-8-17-36(31)38/h1-29H. The van der Waals surface area contributed by atoms with Crippen molar-refractivity contribution in [3.05, 3.63) is 176 Å². The van der Waals surface area contributed by atoms with Gasteiger partial charge in [0.25, 0.3) is 0 Å². The lowest BCUT2D eigenvalue weighted by atomic mass is 9.92. The van der Waals surface area contributed by atoms with Gasteiger partial charge in [0.05, 0.1) is 0 Å². The fraction of sp³-hybridized carbons (Fsp3) is 0. The molecule has 0 spiro atoms. The van der Waals surface area contributed by atoms with Crippen molar-refractivity contribution in [2.45, 2.75) is 0 Å². The van der Waals surface area contributed by atoms with Crippen molar-refractivity contribution < 1.29 is 4.42 Å². The summed E-state index contributed by atoms with van der Waals surface area (Å²) < 4.78 is 6.56. The van der Waals surface area contributed by atoms with Crippen LogP contribution in [-0.2, 0) is 0 Å². The highest BCUT2D eigenvalue weighted by molar-refractivity contribution is 6.14. The molecule has 238 valence electrons. The molecule has 0 radical (unpaired) electrons. The molecule has 10 aromatic rings. The summed E-state index contributed by atoms with van der Waals surface area (Å²) in [5, 5.41) is 6.94. The molecule has 0 N–H and O–H groups in total. The van der Waals surface area contributed by atoms with E-state index in [4.69, 9.17) is 19.4 Å². The minimum Gasteiger partial charge on any atom is -0.456 e. The number of rotatable bonds is 5. The maximum absolute atomic E-state index is 6.56. The van der Waals surface area contributed by atoms with Crippen LogP contribution in [0.1, 0.15) is 0 Å². The highest BCUT2D eigenvalue weighted by Gasteiger charge is 2.18. The Labute approximate surface area is 294 Å². The SMILES string of the molecule is c1ccc(-c2nc(-c3ccc4c(ccc5ccccc54)c3)nc(-c3ccc4c(c3)oc3cccc(-c5ccccc5-c5ccccc5)c34)n2)cc1. The zero-order valence-electron chi connectivity index (χ0n) is 27.5. The average Bonchev–Trinajstić information content (AvgIpc) is 3.59. The van der Waals surface area contributed by atoms with Gasteiger partial charge in [-0.1, -0.05) is 152 Å². The average molecular weight is 652 g/mol. The number of fused-ring (bicyclic) bond motifs is 6. The first-order valence-corrected chi connectivity index (χ1v) is 17.1. The molecule has 0 aliphatic rings. The Hall–Kier alpha value is -6.91. The second-order valence-electron chi connectivity index (χ2n) is 12.8. The molecule has 10 rings (SSSR count). The number of furan rings is 1. The van der Waals surface area contributed by atoms with Gasteiger partial charge in [-0.05, 0) is 68.1 Å². The summed E-state index contributed by atoms with van der Waals surface area (Å²) in [6, 6.07) is 61.1. The van der Waals surface area contributed by atoms with Gasteiger partial charge in [-0.3, -0.25) is 0 Å². The Morgan fingerprint density at radius 1 is 0.314 bits per heavy atom.